The highest BCUT2D eigenvalue weighted by atomic mass is 19.1. The average molecular weight is 195 g/mol. The van der Waals surface area contributed by atoms with Crippen molar-refractivity contribution in [3.63, 3.8) is 0 Å². The molecule has 1 N–H and O–H groups in total. The standard InChI is InChI=1S/C11H14FNO/c1-14-7-8-5-6-13-11-9(8)3-2-4-10(11)12/h2-4,8,13H,5-7H2,1H3. The number of hydrogen-bond acceptors (Lipinski definition) is 2. The molecule has 1 aliphatic rings. The molecular formula is C11H14FNO. The van der Waals surface area contributed by atoms with E-state index < -0.39 is 0 Å². The van der Waals surface area contributed by atoms with E-state index in [-0.39, 0.29) is 5.82 Å². The first-order valence-corrected chi connectivity index (χ1v) is 4.84. The molecule has 0 spiro atoms. The molecule has 1 heterocycles. The number of rotatable bonds is 2. The van der Waals surface area contributed by atoms with Gasteiger partial charge in [0.1, 0.15) is 5.82 Å². The Labute approximate surface area is 83.1 Å². The number of halogens is 1. The number of fused-ring (bicyclic) bond motifs is 1. The van der Waals surface area contributed by atoms with Crippen molar-refractivity contribution in [1.29, 1.82) is 0 Å². The minimum atomic E-state index is -0.164. The highest BCUT2D eigenvalue weighted by molar-refractivity contribution is 5.55. The van der Waals surface area contributed by atoms with Crippen LogP contribution in [-0.2, 0) is 4.74 Å². The van der Waals surface area contributed by atoms with Gasteiger partial charge in [0.25, 0.3) is 0 Å². The van der Waals surface area contributed by atoms with Crippen molar-refractivity contribution >= 4 is 5.69 Å². The van der Waals surface area contributed by atoms with Crippen molar-refractivity contribution in [2.75, 3.05) is 25.6 Å². The average Bonchev–Trinajstić information content (AvgIpc) is 2.20. The summed E-state index contributed by atoms with van der Waals surface area (Å²) in [4.78, 5) is 0. The number of anilines is 1. The number of ether oxygens (including phenoxy) is 1. The van der Waals surface area contributed by atoms with Crippen molar-refractivity contribution in [2.24, 2.45) is 0 Å². The lowest BCUT2D eigenvalue weighted by atomic mass is 9.91. The quantitative estimate of drug-likeness (QED) is 0.782. The molecule has 3 heteroatoms. The van der Waals surface area contributed by atoms with Crippen LogP contribution in [0, 0.1) is 5.82 Å². The summed E-state index contributed by atoms with van der Waals surface area (Å²) in [7, 11) is 1.68. The Balaban J connectivity index is 2.34. The maximum atomic E-state index is 13.4. The van der Waals surface area contributed by atoms with Gasteiger partial charge in [0.05, 0.1) is 12.3 Å². The number of benzene rings is 1. The van der Waals surface area contributed by atoms with E-state index in [4.69, 9.17) is 4.74 Å². The minimum absolute atomic E-state index is 0.164. The molecule has 0 radical (unpaired) electrons. The normalized spacial score (nSPS) is 20.0. The second-order valence-electron chi connectivity index (χ2n) is 3.57. The zero-order valence-electron chi connectivity index (χ0n) is 8.22. The number of nitrogens with one attached hydrogen (secondary N) is 1. The van der Waals surface area contributed by atoms with Gasteiger partial charge in [-0.05, 0) is 18.1 Å². The third kappa shape index (κ3) is 1.60. The van der Waals surface area contributed by atoms with E-state index in [0.29, 0.717) is 18.2 Å². The molecular weight excluding hydrogens is 181 g/mol. The summed E-state index contributed by atoms with van der Waals surface area (Å²) in [5.41, 5.74) is 1.69. The Morgan fingerprint density at radius 3 is 3.21 bits per heavy atom. The van der Waals surface area contributed by atoms with Gasteiger partial charge in [-0.15, -0.1) is 0 Å². The van der Waals surface area contributed by atoms with Gasteiger partial charge in [0.2, 0.25) is 0 Å². The summed E-state index contributed by atoms with van der Waals surface area (Å²) >= 11 is 0. The molecule has 2 nitrogen and oxygen atoms in total. The Kier molecular flexibility index (Phi) is 2.68. The van der Waals surface area contributed by atoms with Crippen LogP contribution >= 0.6 is 0 Å². The SMILES string of the molecule is COCC1CCNc2c(F)cccc21. The Morgan fingerprint density at radius 1 is 1.57 bits per heavy atom. The lowest BCUT2D eigenvalue weighted by Crippen LogP contribution is -2.20. The number of para-hydroxylation sites is 1. The van der Waals surface area contributed by atoms with Crippen molar-refractivity contribution in [3.8, 4) is 0 Å². The molecule has 1 atom stereocenters. The third-order valence-corrected chi connectivity index (χ3v) is 2.65. The molecule has 1 aromatic rings. The molecule has 76 valence electrons. The summed E-state index contributed by atoms with van der Waals surface area (Å²) in [5.74, 6) is 0.162. The Bertz CT molecular complexity index is 327. The van der Waals surface area contributed by atoms with Crippen molar-refractivity contribution in [2.45, 2.75) is 12.3 Å². The van der Waals surface area contributed by atoms with Crippen LogP contribution < -0.4 is 5.32 Å². The molecule has 0 saturated carbocycles. The third-order valence-electron chi connectivity index (χ3n) is 2.65. The van der Waals surface area contributed by atoms with Crippen molar-refractivity contribution in [1.82, 2.24) is 0 Å². The smallest absolute Gasteiger partial charge is 0.146 e. The van der Waals surface area contributed by atoms with Crippen molar-refractivity contribution in [3.05, 3.63) is 29.6 Å². The van der Waals surface area contributed by atoms with Crippen LogP contribution in [0.15, 0.2) is 18.2 Å². The van der Waals surface area contributed by atoms with E-state index in [1.165, 1.54) is 6.07 Å². The first-order chi connectivity index (χ1) is 6.83. The van der Waals surface area contributed by atoms with Gasteiger partial charge in [-0.1, -0.05) is 12.1 Å². The number of hydrogen-bond donors (Lipinski definition) is 1. The molecule has 0 aromatic heterocycles. The van der Waals surface area contributed by atoms with Crippen LogP contribution in [0.2, 0.25) is 0 Å². The molecule has 0 aliphatic carbocycles. The van der Waals surface area contributed by atoms with Gasteiger partial charge in [0, 0.05) is 19.6 Å². The topological polar surface area (TPSA) is 21.3 Å². The molecule has 0 amide bonds. The van der Waals surface area contributed by atoms with E-state index >= 15 is 0 Å². The minimum Gasteiger partial charge on any atom is -0.384 e. The fourth-order valence-corrected chi connectivity index (χ4v) is 1.97. The first kappa shape index (κ1) is 9.46. The molecule has 2 rings (SSSR count). The largest absolute Gasteiger partial charge is 0.384 e. The zero-order valence-corrected chi connectivity index (χ0v) is 8.22. The lowest BCUT2D eigenvalue weighted by molar-refractivity contribution is 0.176. The molecule has 1 aromatic carbocycles. The van der Waals surface area contributed by atoms with E-state index in [1.54, 1.807) is 13.2 Å². The van der Waals surface area contributed by atoms with Crippen LogP contribution in [0.4, 0.5) is 10.1 Å². The predicted molar refractivity (Wildman–Crippen MR) is 54.1 cm³/mol. The molecule has 0 saturated heterocycles. The van der Waals surface area contributed by atoms with Gasteiger partial charge >= 0.3 is 0 Å². The first-order valence-electron chi connectivity index (χ1n) is 4.84. The Hall–Kier alpha value is -1.09. The maximum Gasteiger partial charge on any atom is 0.146 e. The van der Waals surface area contributed by atoms with E-state index in [1.807, 2.05) is 6.07 Å². The van der Waals surface area contributed by atoms with E-state index in [9.17, 15) is 4.39 Å². The van der Waals surface area contributed by atoms with Crippen LogP contribution in [0.5, 0.6) is 0 Å². The lowest BCUT2D eigenvalue weighted by Gasteiger charge is -2.26. The zero-order chi connectivity index (χ0) is 9.97. The van der Waals surface area contributed by atoms with E-state index in [0.717, 1.165) is 18.5 Å². The summed E-state index contributed by atoms with van der Waals surface area (Å²) in [6.45, 7) is 1.49. The molecule has 0 bridgehead atoms. The highest BCUT2D eigenvalue weighted by Gasteiger charge is 2.21. The van der Waals surface area contributed by atoms with E-state index in [2.05, 4.69) is 5.32 Å². The summed E-state index contributed by atoms with van der Waals surface area (Å²) < 4.78 is 18.5. The van der Waals surface area contributed by atoms with Gasteiger partial charge in [-0.3, -0.25) is 0 Å². The molecule has 1 unspecified atom stereocenters. The van der Waals surface area contributed by atoms with Gasteiger partial charge < -0.3 is 10.1 Å². The highest BCUT2D eigenvalue weighted by Crippen LogP contribution is 2.33. The predicted octanol–water partition coefficient (Wildman–Crippen LogP) is 2.37. The van der Waals surface area contributed by atoms with Gasteiger partial charge in [0.15, 0.2) is 0 Å². The molecule has 0 fully saturated rings. The molecule has 14 heavy (non-hydrogen) atoms. The second-order valence-corrected chi connectivity index (χ2v) is 3.57. The second kappa shape index (κ2) is 3.96. The van der Waals surface area contributed by atoms with Gasteiger partial charge in [-0.25, -0.2) is 4.39 Å². The summed E-state index contributed by atoms with van der Waals surface area (Å²) in [6, 6.07) is 5.21. The Morgan fingerprint density at radius 2 is 2.43 bits per heavy atom. The van der Waals surface area contributed by atoms with Crippen LogP contribution in [0.25, 0.3) is 0 Å². The van der Waals surface area contributed by atoms with Crippen molar-refractivity contribution < 1.29 is 9.13 Å². The monoisotopic (exact) mass is 195 g/mol. The van der Waals surface area contributed by atoms with Crippen LogP contribution in [0.1, 0.15) is 17.9 Å². The van der Waals surface area contributed by atoms with Crippen LogP contribution in [-0.4, -0.2) is 20.3 Å². The summed E-state index contributed by atoms with van der Waals surface area (Å²) in [5, 5.41) is 3.09. The van der Waals surface area contributed by atoms with Crippen LogP contribution in [0.3, 0.4) is 0 Å². The summed E-state index contributed by atoms with van der Waals surface area (Å²) in [6.07, 6.45) is 1.00. The maximum absolute atomic E-state index is 13.4. The number of methoxy groups -OCH3 is 1. The fourth-order valence-electron chi connectivity index (χ4n) is 1.97. The molecule has 1 aliphatic heterocycles. The van der Waals surface area contributed by atoms with Gasteiger partial charge in [-0.2, -0.15) is 0 Å². The fraction of sp³-hybridized carbons (Fsp3) is 0.455.